The van der Waals surface area contributed by atoms with Crippen molar-refractivity contribution in [2.45, 2.75) is 55.4 Å². The lowest BCUT2D eigenvalue weighted by Crippen LogP contribution is -1.83. The summed E-state index contributed by atoms with van der Waals surface area (Å²) in [6, 6.07) is 30.3. The van der Waals surface area contributed by atoms with E-state index in [0.717, 1.165) is 0 Å². The molecule has 34 heavy (non-hydrogen) atoms. The fourth-order valence-electron chi connectivity index (χ4n) is 3.36. The van der Waals surface area contributed by atoms with E-state index in [1.807, 2.05) is 41.5 Å². The van der Waals surface area contributed by atoms with E-state index in [1.165, 1.54) is 44.2 Å². The van der Waals surface area contributed by atoms with Crippen molar-refractivity contribution in [3.63, 3.8) is 0 Å². The van der Waals surface area contributed by atoms with Crippen LogP contribution in [-0.4, -0.2) is 0 Å². The van der Waals surface area contributed by atoms with Crippen molar-refractivity contribution < 1.29 is 0 Å². The number of benzene rings is 4. The van der Waals surface area contributed by atoms with Crippen LogP contribution >= 0.6 is 0 Å². The summed E-state index contributed by atoms with van der Waals surface area (Å²) >= 11 is 0. The van der Waals surface area contributed by atoms with E-state index in [2.05, 4.69) is 123 Å². The molecule has 0 atom stereocenters. The van der Waals surface area contributed by atoms with E-state index in [1.54, 1.807) is 0 Å². The highest BCUT2D eigenvalue weighted by molar-refractivity contribution is 5.99. The first kappa shape index (κ1) is 28.7. The number of hydrogen-bond donors (Lipinski definition) is 0. The molecule has 0 aliphatic carbocycles. The molecule has 0 bridgehead atoms. The molecule has 0 saturated carbocycles. The fourth-order valence-corrected chi connectivity index (χ4v) is 3.36. The molecule has 0 unspecified atom stereocenters. The maximum atomic E-state index is 2.21. The van der Waals surface area contributed by atoms with Crippen molar-refractivity contribution in [2.24, 2.45) is 0 Å². The second-order valence-corrected chi connectivity index (χ2v) is 7.28. The third kappa shape index (κ3) is 8.52. The largest absolute Gasteiger partial charge is 0.0683 e. The van der Waals surface area contributed by atoms with Gasteiger partial charge in [0.2, 0.25) is 0 Å². The molecule has 0 aliphatic rings. The van der Waals surface area contributed by atoms with Crippen molar-refractivity contribution in [1.82, 2.24) is 0 Å². The Balaban J connectivity index is 0.000000894. The quantitative estimate of drug-likeness (QED) is 0.271. The lowest BCUT2D eigenvalue weighted by atomic mass is 9.98. The van der Waals surface area contributed by atoms with E-state index in [0.29, 0.717) is 0 Å². The molecule has 0 aliphatic heterocycles. The fraction of sp³-hybridized carbons (Fsp3) is 0.235. The van der Waals surface area contributed by atoms with E-state index in [-0.39, 0.29) is 0 Å². The summed E-state index contributed by atoms with van der Waals surface area (Å²) in [6.07, 6.45) is 8.78. The molecule has 0 N–H and O–H groups in total. The summed E-state index contributed by atoms with van der Waals surface area (Å²) in [4.78, 5) is 0. The molecular weight excluding hydrogens is 408 g/mol. The topological polar surface area (TPSA) is 0 Å². The molecule has 4 rings (SSSR count). The van der Waals surface area contributed by atoms with Crippen molar-refractivity contribution in [2.75, 3.05) is 0 Å². The Morgan fingerprint density at radius 1 is 0.382 bits per heavy atom. The number of hydrogen-bond acceptors (Lipinski definition) is 0. The minimum Gasteiger partial charge on any atom is -0.0683 e. The molecular formula is C34H42. The lowest BCUT2D eigenvalue weighted by Gasteiger charge is -2.07. The first-order chi connectivity index (χ1) is 16.7. The van der Waals surface area contributed by atoms with Crippen molar-refractivity contribution in [3.8, 4) is 0 Å². The Morgan fingerprint density at radius 2 is 0.706 bits per heavy atom. The highest BCUT2D eigenvalue weighted by Gasteiger charge is 2.02. The summed E-state index contributed by atoms with van der Waals surface area (Å²) in [7, 11) is 0. The predicted octanol–water partition coefficient (Wildman–Crippen LogP) is 10.9. The van der Waals surface area contributed by atoms with Gasteiger partial charge in [0.25, 0.3) is 0 Å². The Bertz CT molecular complexity index is 1050. The zero-order chi connectivity index (χ0) is 25.3. The molecule has 0 nitrogen and oxygen atoms in total. The van der Waals surface area contributed by atoms with E-state index in [9.17, 15) is 0 Å². The summed E-state index contributed by atoms with van der Waals surface area (Å²) in [5.74, 6) is 0. The highest BCUT2D eigenvalue weighted by atomic mass is 14.1. The average molecular weight is 451 g/mol. The highest BCUT2D eigenvalue weighted by Crippen LogP contribution is 2.26. The van der Waals surface area contributed by atoms with Gasteiger partial charge in [-0.25, -0.2) is 0 Å². The lowest BCUT2D eigenvalue weighted by molar-refractivity contribution is 1.46. The molecule has 0 saturated heterocycles. The number of aryl methyl sites for hydroxylation is 2. The van der Waals surface area contributed by atoms with E-state index in [4.69, 9.17) is 0 Å². The Hall–Kier alpha value is -3.38. The smallest absolute Gasteiger partial charge is 0.0105 e. The van der Waals surface area contributed by atoms with Gasteiger partial charge in [-0.3, -0.25) is 0 Å². The van der Waals surface area contributed by atoms with Crippen LogP contribution in [0.25, 0.3) is 35.1 Å². The first-order valence-corrected chi connectivity index (χ1v) is 12.7. The summed E-state index contributed by atoms with van der Waals surface area (Å²) in [5.41, 5.74) is 7.49. The van der Waals surface area contributed by atoms with Crippen LogP contribution in [0.15, 0.2) is 84.9 Å². The van der Waals surface area contributed by atoms with Gasteiger partial charge in [-0.15, -0.1) is 0 Å². The molecule has 0 heterocycles. The van der Waals surface area contributed by atoms with E-state index < -0.39 is 0 Å². The molecule has 0 heteroatoms. The van der Waals surface area contributed by atoms with Gasteiger partial charge in [-0.2, -0.15) is 0 Å². The molecule has 0 radical (unpaired) electrons. The number of rotatable bonds is 4. The third-order valence-electron chi connectivity index (χ3n) is 5.06. The van der Waals surface area contributed by atoms with Crippen LogP contribution in [0.3, 0.4) is 0 Å². The normalized spacial score (nSPS) is 10.1. The zero-order valence-corrected chi connectivity index (χ0v) is 22.4. The molecule has 0 amide bonds. The van der Waals surface area contributed by atoms with Gasteiger partial charge < -0.3 is 0 Å². The van der Waals surface area contributed by atoms with Gasteiger partial charge in [-0.05, 0) is 46.9 Å². The van der Waals surface area contributed by atoms with Crippen LogP contribution in [0.5, 0.6) is 0 Å². The third-order valence-corrected chi connectivity index (χ3v) is 5.06. The number of fused-ring (bicyclic) bond motifs is 1. The molecule has 0 aromatic heterocycles. The zero-order valence-electron chi connectivity index (χ0n) is 22.4. The van der Waals surface area contributed by atoms with Gasteiger partial charge in [0.15, 0.2) is 0 Å². The summed E-state index contributed by atoms with van der Waals surface area (Å²) < 4.78 is 0. The first-order valence-electron chi connectivity index (χ1n) is 12.7. The minimum absolute atomic E-state index is 1.22. The predicted molar refractivity (Wildman–Crippen MR) is 158 cm³/mol. The standard InChI is InChI=1S/C28H24.3C2H6/c1-21-7-11-23(12-8-21)15-17-25-19-20-26(28-6-4-3-5-27(25)28)18-16-24-13-9-22(2)10-14-24;3*1-2/h3-20H,1-2H3;3*1-2H3. The van der Waals surface area contributed by atoms with Crippen molar-refractivity contribution >= 4 is 35.1 Å². The van der Waals surface area contributed by atoms with Gasteiger partial charge in [0.05, 0.1) is 0 Å². The van der Waals surface area contributed by atoms with Gasteiger partial charge in [-0.1, -0.05) is 162 Å². The van der Waals surface area contributed by atoms with Crippen LogP contribution < -0.4 is 0 Å². The SMILES string of the molecule is CC.CC.CC.Cc1ccc(C=Cc2ccc(C=Cc3ccc(C)cc3)c3ccccc23)cc1. The maximum absolute atomic E-state index is 2.21. The van der Waals surface area contributed by atoms with Crippen LogP contribution in [0.4, 0.5) is 0 Å². The van der Waals surface area contributed by atoms with Crippen LogP contribution in [0, 0.1) is 13.8 Å². The van der Waals surface area contributed by atoms with E-state index >= 15 is 0 Å². The van der Waals surface area contributed by atoms with Crippen LogP contribution in [0.2, 0.25) is 0 Å². The molecule has 4 aromatic carbocycles. The Morgan fingerprint density at radius 3 is 1.03 bits per heavy atom. The van der Waals surface area contributed by atoms with Gasteiger partial charge in [0, 0.05) is 0 Å². The second-order valence-electron chi connectivity index (χ2n) is 7.28. The molecule has 0 spiro atoms. The minimum atomic E-state index is 1.22. The Kier molecular flexibility index (Phi) is 13.7. The van der Waals surface area contributed by atoms with Crippen molar-refractivity contribution in [1.29, 1.82) is 0 Å². The summed E-state index contributed by atoms with van der Waals surface area (Å²) in [6.45, 7) is 16.2. The summed E-state index contributed by atoms with van der Waals surface area (Å²) in [5, 5.41) is 2.55. The Labute approximate surface area is 208 Å². The monoisotopic (exact) mass is 450 g/mol. The second kappa shape index (κ2) is 16.3. The molecule has 4 aromatic rings. The molecule has 0 fully saturated rings. The van der Waals surface area contributed by atoms with Crippen LogP contribution in [0.1, 0.15) is 74.9 Å². The van der Waals surface area contributed by atoms with Crippen molar-refractivity contribution in [3.05, 3.63) is 118 Å². The van der Waals surface area contributed by atoms with Gasteiger partial charge in [0.1, 0.15) is 0 Å². The van der Waals surface area contributed by atoms with Crippen LogP contribution in [-0.2, 0) is 0 Å². The molecule has 178 valence electrons. The average Bonchev–Trinajstić information content (AvgIpc) is 2.92. The van der Waals surface area contributed by atoms with Gasteiger partial charge >= 0.3 is 0 Å². The maximum Gasteiger partial charge on any atom is -0.0105 e.